The van der Waals surface area contributed by atoms with Gasteiger partial charge in [0.25, 0.3) is 5.22 Å². The number of nitrogens with zero attached hydrogens (tertiary/aromatic N) is 1. The van der Waals surface area contributed by atoms with Crippen LogP contribution in [0.5, 0.6) is 0 Å². The monoisotopic (exact) mass is 325 g/mol. The normalized spacial score (nSPS) is 10.8. The molecule has 0 bridgehead atoms. The molecule has 2 aromatic carbocycles. The van der Waals surface area contributed by atoms with Crippen molar-refractivity contribution in [1.29, 1.82) is 0 Å². The van der Waals surface area contributed by atoms with Crippen molar-refractivity contribution in [2.45, 2.75) is 18.1 Å². The molecule has 0 spiro atoms. The SMILES string of the molecule is OCCCCSc1nc(-c2ccccc2)c(-c2ccccc2)o1. The van der Waals surface area contributed by atoms with Crippen molar-refractivity contribution in [2.24, 2.45) is 0 Å². The van der Waals surface area contributed by atoms with Gasteiger partial charge in [-0.15, -0.1) is 0 Å². The van der Waals surface area contributed by atoms with Crippen LogP contribution in [0, 0.1) is 0 Å². The topological polar surface area (TPSA) is 46.3 Å². The Labute approximate surface area is 140 Å². The molecule has 0 atom stereocenters. The van der Waals surface area contributed by atoms with Crippen LogP contribution in [-0.2, 0) is 0 Å². The summed E-state index contributed by atoms with van der Waals surface area (Å²) in [5.41, 5.74) is 2.96. The van der Waals surface area contributed by atoms with Crippen molar-refractivity contribution < 1.29 is 9.52 Å². The Morgan fingerprint density at radius 2 is 1.52 bits per heavy atom. The first-order valence-electron chi connectivity index (χ1n) is 7.74. The second-order valence-corrected chi connectivity index (χ2v) is 6.21. The number of aliphatic hydroxyl groups is 1. The zero-order chi connectivity index (χ0) is 15.9. The molecule has 0 amide bonds. The summed E-state index contributed by atoms with van der Waals surface area (Å²) in [5.74, 6) is 1.70. The molecule has 1 N–H and O–H groups in total. The number of thioether (sulfide) groups is 1. The smallest absolute Gasteiger partial charge is 0.256 e. The van der Waals surface area contributed by atoms with Crippen LogP contribution in [-0.4, -0.2) is 22.5 Å². The molecule has 0 aliphatic rings. The minimum atomic E-state index is 0.233. The third-order valence-corrected chi connectivity index (χ3v) is 4.38. The first-order chi connectivity index (χ1) is 11.4. The molecule has 0 saturated carbocycles. The first-order valence-corrected chi connectivity index (χ1v) is 8.72. The molecule has 3 nitrogen and oxygen atoms in total. The molecule has 0 radical (unpaired) electrons. The summed E-state index contributed by atoms with van der Waals surface area (Å²) in [6.07, 6.45) is 1.76. The maximum absolute atomic E-state index is 8.86. The summed E-state index contributed by atoms with van der Waals surface area (Å²) >= 11 is 1.60. The molecule has 0 aliphatic carbocycles. The molecule has 3 aromatic rings. The van der Waals surface area contributed by atoms with E-state index in [4.69, 9.17) is 9.52 Å². The van der Waals surface area contributed by atoms with E-state index in [2.05, 4.69) is 4.98 Å². The van der Waals surface area contributed by atoms with Crippen molar-refractivity contribution in [3.8, 4) is 22.6 Å². The fourth-order valence-electron chi connectivity index (χ4n) is 2.31. The Kier molecular flexibility index (Phi) is 5.51. The summed E-state index contributed by atoms with van der Waals surface area (Å²) in [6, 6.07) is 20.2. The zero-order valence-electron chi connectivity index (χ0n) is 12.8. The molecular formula is C19H19NO2S. The molecular weight excluding hydrogens is 306 g/mol. The highest BCUT2D eigenvalue weighted by atomic mass is 32.2. The van der Waals surface area contributed by atoms with E-state index in [9.17, 15) is 0 Å². The van der Waals surface area contributed by atoms with Crippen molar-refractivity contribution >= 4 is 11.8 Å². The predicted molar refractivity (Wildman–Crippen MR) is 94.4 cm³/mol. The van der Waals surface area contributed by atoms with E-state index in [1.807, 2.05) is 60.7 Å². The number of unbranched alkanes of at least 4 members (excludes halogenated alkanes) is 1. The van der Waals surface area contributed by atoms with E-state index in [1.54, 1.807) is 11.8 Å². The van der Waals surface area contributed by atoms with E-state index in [0.717, 1.165) is 41.2 Å². The fourth-order valence-corrected chi connectivity index (χ4v) is 3.13. The van der Waals surface area contributed by atoms with Crippen LogP contribution in [0.4, 0.5) is 0 Å². The molecule has 0 unspecified atom stereocenters. The molecule has 23 heavy (non-hydrogen) atoms. The summed E-state index contributed by atoms with van der Waals surface area (Å²) in [6.45, 7) is 0.233. The highest BCUT2D eigenvalue weighted by Gasteiger charge is 2.16. The third-order valence-electron chi connectivity index (χ3n) is 3.47. The maximum Gasteiger partial charge on any atom is 0.256 e. The first kappa shape index (κ1) is 15.8. The fraction of sp³-hybridized carbons (Fsp3) is 0.211. The van der Waals surface area contributed by atoms with Crippen LogP contribution in [0.25, 0.3) is 22.6 Å². The number of oxazole rings is 1. The second kappa shape index (κ2) is 7.99. The van der Waals surface area contributed by atoms with Crippen LogP contribution in [0.1, 0.15) is 12.8 Å². The standard InChI is InChI=1S/C19H19NO2S/c21-13-7-8-14-23-19-20-17(15-9-3-1-4-10-15)18(22-19)16-11-5-2-6-12-16/h1-6,9-12,21H,7-8,13-14H2. The van der Waals surface area contributed by atoms with Gasteiger partial charge >= 0.3 is 0 Å². The molecule has 0 saturated heterocycles. The summed E-state index contributed by atoms with van der Waals surface area (Å²) in [5, 5.41) is 9.54. The van der Waals surface area contributed by atoms with E-state index in [-0.39, 0.29) is 6.61 Å². The summed E-state index contributed by atoms with van der Waals surface area (Å²) in [7, 11) is 0. The lowest BCUT2D eigenvalue weighted by Gasteiger charge is -2.00. The van der Waals surface area contributed by atoms with Gasteiger partial charge in [-0.05, 0) is 12.8 Å². The largest absolute Gasteiger partial charge is 0.431 e. The van der Waals surface area contributed by atoms with Crippen LogP contribution >= 0.6 is 11.8 Å². The molecule has 0 fully saturated rings. The highest BCUT2D eigenvalue weighted by molar-refractivity contribution is 7.99. The highest BCUT2D eigenvalue weighted by Crippen LogP contribution is 2.35. The van der Waals surface area contributed by atoms with Crippen molar-refractivity contribution in [2.75, 3.05) is 12.4 Å². The van der Waals surface area contributed by atoms with E-state index < -0.39 is 0 Å². The van der Waals surface area contributed by atoms with Crippen LogP contribution in [0.3, 0.4) is 0 Å². The van der Waals surface area contributed by atoms with Crippen molar-refractivity contribution in [1.82, 2.24) is 4.98 Å². The molecule has 3 rings (SSSR count). The van der Waals surface area contributed by atoms with E-state index >= 15 is 0 Å². The second-order valence-electron chi connectivity index (χ2n) is 5.17. The van der Waals surface area contributed by atoms with Crippen molar-refractivity contribution in [3.05, 3.63) is 60.7 Å². The van der Waals surface area contributed by atoms with Gasteiger partial charge in [0.2, 0.25) is 0 Å². The van der Waals surface area contributed by atoms with Gasteiger partial charge in [0, 0.05) is 23.5 Å². The number of aromatic nitrogens is 1. The van der Waals surface area contributed by atoms with Gasteiger partial charge in [0.15, 0.2) is 5.76 Å². The third kappa shape index (κ3) is 4.03. The van der Waals surface area contributed by atoms with Gasteiger partial charge in [-0.3, -0.25) is 0 Å². The quantitative estimate of drug-likeness (QED) is 0.497. The lowest BCUT2D eigenvalue weighted by molar-refractivity contribution is 0.287. The van der Waals surface area contributed by atoms with Crippen molar-refractivity contribution in [3.63, 3.8) is 0 Å². The Bertz CT molecular complexity index is 669. The van der Waals surface area contributed by atoms with Gasteiger partial charge in [0.1, 0.15) is 5.69 Å². The maximum atomic E-state index is 8.86. The number of benzene rings is 2. The minimum absolute atomic E-state index is 0.233. The predicted octanol–water partition coefficient (Wildman–Crippen LogP) is 4.87. The zero-order valence-corrected chi connectivity index (χ0v) is 13.6. The van der Waals surface area contributed by atoms with Gasteiger partial charge in [-0.25, -0.2) is 4.98 Å². The molecule has 1 heterocycles. The molecule has 0 aliphatic heterocycles. The van der Waals surface area contributed by atoms with Gasteiger partial charge in [-0.1, -0.05) is 72.4 Å². The molecule has 118 valence electrons. The minimum Gasteiger partial charge on any atom is -0.431 e. The average Bonchev–Trinajstić information content (AvgIpc) is 3.05. The van der Waals surface area contributed by atoms with Crippen LogP contribution in [0.15, 0.2) is 70.3 Å². The van der Waals surface area contributed by atoms with E-state index in [1.165, 1.54) is 0 Å². The Balaban J connectivity index is 1.91. The summed E-state index contributed by atoms with van der Waals surface area (Å²) in [4.78, 5) is 4.69. The summed E-state index contributed by atoms with van der Waals surface area (Å²) < 4.78 is 6.02. The lowest BCUT2D eigenvalue weighted by atomic mass is 10.1. The number of hydrogen-bond donors (Lipinski definition) is 1. The Morgan fingerprint density at radius 1 is 0.870 bits per heavy atom. The average molecular weight is 325 g/mol. The van der Waals surface area contributed by atoms with E-state index in [0.29, 0.717) is 5.22 Å². The van der Waals surface area contributed by atoms with Gasteiger partial charge < -0.3 is 9.52 Å². The Hall–Kier alpha value is -2.04. The Morgan fingerprint density at radius 3 is 2.17 bits per heavy atom. The lowest BCUT2D eigenvalue weighted by Crippen LogP contribution is -1.85. The number of rotatable bonds is 7. The van der Waals surface area contributed by atoms with Gasteiger partial charge in [-0.2, -0.15) is 0 Å². The van der Waals surface area contributed by atoms with Crippen LogP contribution in [0.2, 0.25) is 0 Å². The number of aliphatic hydroxyl groups excluding tert-OH is 1. The molecule has 1 aromatic heterocycles. The van der Waals surface area contributed by atoms with Crippen LogP contribution < -0.4 is 0 Å². The van der Waals surface area contributed by atoms with Gasteiger partial charge in [0.05, 0.1) is 0 Å². The number of hydrogen-bond acceptors (Lipinski definition) is 4. The molecule has 4 heteroatoms.